The second kappa shape index (κ2) is 7.39. The molecule has 5 nitrogen and oxygen atoms in total. The van der Waals surface area contributed by atoms with Crippen molar-refractivity contribution >= 4 is 51.6 Å². The molecule has 3 aromatic rings. The van der Waals surface area contributed by atoms with Crippen molar-refractivity contribution in [2.24, 2.45) is 5.41 Å². The number of allylic oxidation sites excluding steroid dienone is 2. The third kappa shape index (κ3) is 3.31. The van der Waals surface area contributed by atoms with Crippen molar-refractivity contribution in [2.75, 3.05) is 12.4 Å². The molecule has 1 aliphatic carbocycles. The average Bonchev–Trinajstić information content (AvgIpc) is 3.17. The molecule has 1 unspecified atom stereocenters. The number of halogens is 2. The van der Waals surface area contributed by atoms with Gasteiger partial charge in [0.25, 0.3) is 0 Å². The van der Waals surface area contributed by atoms with Gasteiger partial charge in [0.15, 0.2) is 5.78 Å². The van der Waals surface area contributed by atoms with Gasteiger partial charge in [-0.3, -0.25) is 4.79 Å². The van der Waals surface area contributed by atoms with E-state index in [1.165, 1.54) is 7.11 Å². The predicted octanol–water partition coefficient (Wildman–Crippen LogP) is 6.73. The van der Waals surface area contributed by atoms with Crippen LogP contribution in [0.5, 0.6) is 0 Å². The summed E-state index contributed by atoms with van der Waals surface area (Å²) in [5.74, 6) is -0.717. The Hall–Kier alpha value is -2.76. The van der Waals surface area contributed by atoms with Crippen molar-refractivity contribution in [1.82, 2.24) is 0 Å². The summed E-state index contributed by atoms with van der Waals surface area (Å²) in [6, 6.07) is 10.9. The zero-order valence-corrected chi connectivity index (χ0v) is 19.4. The number of rotatable bonds is 2. The molecule has 1 N–H and O–H groups in total. The van der Waals surface area contributed by atoms with E-state index >= 15 is 0 Å². The molecule has 7 heteroatoms. The topological polar surface area (TPSA) is 68.5 Å². The van der Waals surface area contributed by atoms with Crippen molar-refractivity contribution in [2.45, 2.75) is 32.6 Å². The first-order valence-corrected chi connectivity index (χ1v) is 11.1. The normalized spacial score (nSPS) is 19.4. The van der Waals surface area contributed by atoms with E-state index in [2.05, 4.69) is 19.2 Å². The SMILES string of the molecule is COC(=O)c1cc2c3c(ccc2o1)NC1=C(C(=O)CC(C)(C)C1)C3c1ccc(Cl)c(Cl)c1. The number of Topliss-reactive ketones (excluding diaryl/α,β-unsaturated/α-hetero) is 1. The first-order valence-electron chi connectivity index (χ1n) is 10.3. The zero-order valence-electron chi connectivity index (χ0n) is 17.8. The van der Waals surface area contributed by atoms with Crippen LogP contribution in [0.4, 0.5) is 5.69 Å². The molecule has 0 amide bonds. The predicted molar refractivity (Wildman–Crippen MR) is 125 cm³/mol. The van der Waals surface area contributed by atoms with Gasteiger partial charge in [0, 0.05) is 34.7 Å². The fourth-order valence-corrected chi connectivity index (χ4v) is 5.17. The highest BCUT2D eigenvalue weighted by Crippen LogP contribution is 2.51. The van der Waals surface area contributed by atoms with Gasteiger partial charge in [-0.1, -0.05) is 43.1 Å². The van der Waals surface area contributed by atoms with Gasteiger partial charge in [-0.25, -0.2) is 4.79 Å². The van der Waals surface area contributed by atoms with Gasteiger partial charge >= 0.3 is 5.97 Å². The number of esters is 1. The van der Waals surface area contributed by atoms with E-state index in [4.69, 9.17) is 32.4 Å². The van der Waals surface area contributed by atoms with E-state index in [1.807, 2.05) is 18.2 Å². The molecular weight excluding hydrogens is 449 g/mol. The van der Waals surface area contributed by atoms with Crippen LogP contribution in [-0.2, 0) is 9.53 Å². The maximum Gasteiger partial charge on any atom is 0.373 e. The lowest BCUT2D eigenvalue weighted by molar-refractivity contribution is -0.118. The largest absolute Gasteiger partial charge is 0.463 e. The second-order valence-corrected chi connectivity index (χ2v) is 9.92. The van der Waals surface area contributed by atoms with E-state index in [0.717, 1.165) is 39.9 Å². The molecule has 164 valence electrons. The van der Waals surface area contributed by atoms with Crippen LogP contribution in [0.1, 0.15) is 54.3 Å². The molecule has 0 radical (unpaired) electrons. The number of nitrogens with one attached hydrogen (secondary N) is 1. The minimum atomic E-state index is -0.555. The molecular formula is C25H21Cl2NO4. The van der Waals surface area contributed by atoms with Crippen molar-refractivity contribution in [1.29, 1.82) is 0 Å². The molecule has 0 spiro atoms. The highest BCUT2D eigenvalue weighted by atomic mass is 35.5. The van der Waals surface area contributed by atoms with Crippen molar-refractivity contribution in [3.8, 4) is 0 Å². The van der Waals surface area contributed by atoms with Crippen LogP contribution in [0, 0.1) is 5.41 Å². The molecule has 0 bridgehead atoms. The molecule has 32 heavy (non-hydrogen) atoms. The first kappa shape index (κ1) is 21.1. The van der Waals surface area contributed by atoms with Crippen LogP contribution in [0.2, 0.25) is 10.0 Å². The lowest BCUT2D eigenvalue weighted by Crippen LogP contribution is -2.33. The molecule has 2 aromatic carbocycles. The summed E-state index contributed by atoms with van der Waals surface area (Å²) >= 11 is 12.6. The van der Waals surface area contributed by atoms with Crippen LogP contribution >= 0.6 is 23.2 Å². The number of anilines is 1. The molecule has 0 fully saturated rings. The Morgan fingerprint density at radius 2 is 1.91 bits per heavy atom. The van der Waals surface area contributed by atoms with Gasteiger partial charge in [-0.2, -0.15) is 0 Å². The molecule has 1 atom stereocenters. The number of hydrogen-bond donors (Lipinski definition) is 1. The summed E-state index contributed by atoms with van der Waals surface area (Å²) in [7, 11) is 1.31. The lowest BCUT2D eigenvalue weighted by atomic mass is 9.68. The maximum absolute atomic E-state index is 13.4. The van der Waals surface area contributed by atoms with Crippen LogP contribution < -0.4 is 5.32 Å². The van der Waals surface area contributed by atoms with Gasteiger partial charge in [-0.15, -0.1) is 0 Å². The number of hydrogen-bond acceptors (Lipinski definition) is 5. The lowest BCUT2D eigenvalue weighted by Gasteiger charge is -2.39. The first-order chi connectivity index (χ1) is 15.2. The van der Waals surface area contributed by atoms with Gasteiger partial charge in [0.1, 0.15) is 5.58 Å². The fraction of sp³-hybridized carbons (Fsp3) is 0.280. The molecule has 2 heterocycles. The molecule has 2 aliphatic rings. The number of carbonyl (C=O) groups is 2. The standard InChI is InChI=1S/C25H21Cl2NO4/c1-25(2)10-17-23(18(29)11-25)21(12-4-5-14(26)15(27)8-12)22-13-9-20(24(30)31-3)32-19(13)7-6-16(22)28-17/h4-9,21,28H,10-11H2,1-3H3. The number of ketones is 1. The van der Waals surface area contributed by atoms with Crippen LogP contribution in [-0.4, -0.2) is 18.9 Å². The van der Waals surface area contributed by atoms with E-state index < -0.39 is 5.97 Å². The van der Waals surface area contributed by atoms with Crippen molar-refractivity contribution < 1.29 is 18.7 Å². The van der Waals surface area contributed by atoms with E-state index in [1.54, 1.807) is 18.2 Å². The smallest absolute Gasteiger partial charge is 0.373 e. The molecule has 1 aromatic heterocycles. The Kier molecular flexibility index (Phi) is 4.88. The minimum Gasteiger partial charge on any atom is -0.463 e. The van der Waals surface area contributed by atoms with Gasteiger partial charge in [0.2, 0.25) is 5.76 Å². The summed E-state index contributed by atoms with van der Waals surface area (Å²) in [6.07, 6.45) is 1.21. The Bertz CT molecular complexity index is 1340. The van der Waals surface area contributed by atoms with Crippen molar-refractivity contribution in [3.05, 3.63) is 74.6 Å². The Balaban J connectivity index is 1.80. The number of benzene rings is 2. The third-order valence-electron chi connectivity index (χ3n) is 6.19. The Morgan fingerprint density at radius 1 is 1.12 bits per heavy atom. The number of methoxy groups -OCH3 is 1. The molecule has 1 aliphatic heterocycles. The van der Waals surface area contributed by atoms with Gasteiger partial charge < -0.3 is 14.5 Å². The van der Waals surface area contributed by atoms with E-state index in [0.29, 0.717) is 22.0 Å². The molecule has 0 saturated carbocycles. The summed E-state index contributed by atoms with van der Waals surface area (Å²) in [5.41, 5.74) is 4.65. The van der Waals surface area contributed by atoms with Crippen LogP contribution in [0.3, 0.4) is 0 Å². The monoisotopic (exact) mass is 469 g/mol. The summed E-state index contributed by atoms with van der Waals surface area (Å²) in [5, 5.41) is 5.11. The summed E-state index contributed by atoms with van der Waals surface area (Å²) in [4.78, 5) is 25.5. The van der Waals surface area contributed by atoms with E-state index in [-0.39, 0.29) is 22.9 Å². The quantitative estimate of drug-likeness (QED) is 0.421. The van der Waals surface area contributed by atoms with Crippen LogP contribution in [0.25, 0.3) is 11.0 Å². The Morgan fingerprint density at radius 3 is 2.62 bits per heavy atom. The average molecular weight is 470 g/mol. The number of ether oxygens (including phenoxy) is 1. The summed E-state index contributed by atoms with van der Waals surface area (Å²) < 4.78 is 10.6. The second-order valence-electron chi connectivity index (χ2n) is 9.11. The maximum atomic E-state index is 13.4. The zero-order chi connectivity index (χ0) is 22.8. The Labute approximate surface area is 195 Å². The van der Waals surface area contributed by atoms with Crippen LogP contribution in [0.15, 0.2) is 52.1 Å². The number of furan rings is 1. The number of fused-ring (bicyclic) bond motifs is 3. The minimum absolute atomic E-state index is 0.0964. The van der Waals surface area contributed by atoms with E-state index in [9.17, 15) is 9.59 Å². The highest BCUT2D eigenvalue weighted by molar-refractivity contribution is 6.42. The van der Waals surface area contributed by atoms with Gasteiger partial charge in [-0.05, 0) is 53.3 Å². The summed E-state index contributed by atoms with van der Waals surface area (Å²) in [6.45, 7) is 4.20. The third-order valence-corrected chi connectivity index (χ3v) is 6.93. The molecule has 0 saturated heterocycles. The van der Waals surface area contributed by atoms with Gasteiger partial charge in [0.05, 0.1) is 17.2 Å². The fourth-order valence-electron chi connectivity index (χ4n) is 4.87. The van der Waals surface area contributed by atoms with Crippen molar-refractivity contribution in [3.63, 3.8) is 0 Å². The number of carbonyl (C=O) groups excluding carboxylic acids is 2. The highest BCUT2D eigenvalue weighted by Gasteiger charge is 2.41. The molecule has 5 rings (SSSR count).